The number of Topliss-reactive ketones (excluding diaryl/α,β-unsaturated/α-hetero) is 1. The number of carbonyl (C=O) groups excluding carboxylic acids is 3. The Morgan fingerprint density at radius 1 is 1.11 bits per heavy atom. The van der Waals surface area contributed by atoms with Gasteiger partial charge in [-0.05, 0) is 11.6 Å². The molecule has 2 heterocycles. The number of primary amides is 1. The lowest BCUT2D eigenvalue weighted by Gasteiger charge is -2.17. The zero-order valence-corrected chi connectivity index (χ0v) is 15.2. The predicted molar refractivity (Wildman–Crippen MR) is 99.8 cm³/mol. The first-order valence-electron chi connectivity index (χ1n) is 8.16. The monoisotopic (exact) mass is 398 g/mol. The number of aromatic nitrogens is 4. The molecule has 1 unspecified atom stereocenters. The first kappa shape index (κ1) is 19.2. The van der Waals surface area contributed by atoms with Gasteiger partial charge in [-0.3, -0.25) is 14.4 Å². The van der Waals surface area contributed by atoms with E-state index >= 15 is 0 Å². The van der Waals surface area contributed by atoms with Gasteiger partial charge in [-0.15, -0.1) is 0 Å². The van der Waals surface area contributed by atoms with Crippen molar-refractivity contribution >= 4 is 29.2 Å². The number of ketones is 1. The molecule has 3 aromatic rings. The molecule has 2 amide bonds. The molecule has 0 fully saturated rings. The summed E-state index contributed by atoms with van der Waals surface area (Å²) in [5.74, 6) is -2.66. The average molecular weight is 399 g/mol. The molecule has 1 atom stereocenters. The van der Waals surface area contributed by atoms with Gasteiger partial charge in [0, 0.05) is 18.8 Å². The fourth-order valence-corrected chi connectivity index (χ4v) is 2.75. The maximum absolute atomic E-state index is 12.8. The number of rotatable bonds is 7. The zero-order valence-electron chi connectivity index (χ0n) is 14.4. The lowest BCUT2D eigenvalue weighted by molar-refractivity contribution is -0.137. The Balaban J connectivity index is 1.89. The van der Waals surface area contributed by atoms with E-state index < -0.39 is 23.6 Å². The highest BCUT2D eigenvalue weighted by Crippen LogP contribution is 2.18. The molecule has 0 aliphatic carbocycles. The predicted octanol–water partition coefficient (Wildman–Crippen LogP) is 0.711. The highest BCUT2D eigenvalue weighted by Gasteiger charge is 2.28. The van der Waals surface area contributed by atoms with Gasteiger partial charge in [0.05, 0.1) is 11.2 Å². The highest BCUT2D eigenvalue weighted by atomic mass is 35.5. The number of nitrogens with one attached hydrogen (secondary N) is 1. The van der Waals surface area contributed by atoms with Crippen LogP contribution in [-0.2, 0) is 16.0 Å². The minimum atomic E-state index is -1.16. The van der Waals surface area contributed by atoms with Crippen LogP contribution in [0.1, 0.15) is 16.1 Å². The molecule has 3 N–H and O–H groups in total. The summed E-state index contributed by atoms with van der Waals surface area (Å²) < 4.78 is 1.14. The average Bonchev–Trinajstić information content (AvgIpc) is 3.10. The van der Waals surface area contributed by atoms with Crippen molar-refractivity contribution in [1.29, 1.82) is 0 Å². The van der Waals surface area contributed by atoms with Crippen LogP contribution in [0.5, 0.6) is 0 Å². The van der Waals surface area contributed by atoms with Gasteiger partial charge in [-0.2, -0.15) is 9.78 Å². The molecule has 10 heteroatoms. The van der Waals surface area contributed by atoms with Crippen molar-refractivity contribution < 1.29 is 14.4 Å². The summed E-state index contributed by atoms with van der Waals surface area (Å²) in [6.07, 6.45) is 4.31. The molecular formula is C18H15ClN6O3. The van der Waals surface area contributed by atoms with Crippen molar-refractivity contribution in [2.24, 2.45) is 5.73 Å². The Kier molecular flexibility index (Phi) is 5.75. The Hall–Kier alpha value is -3.59. The van der Waals surface area contributed by atoms with Crippen molar-refractivity contribution in [1.82, 2.24) is 25.1 Å². The van der Waals surface area contributed by atoms with Gasteiger partial charge >= 0.3 is 0 Å². The van der Waals surface area contributed by atoms with Gasteiger partial charge < -0.3 is 11.1 Å². The van der Waals surface area contributed by atoms with E-state index in [1.165, 1.54) is 18.6 Å². The summed E-state index contributed by atoms with van der Waals surface area (Å²) in [5.41, 5.74) is 5.81. The molecule has 142 valence electrons. The van der Waals surface area contributed by atoms with Crippen LogP contribution in [0, 0.1) is 0 Å². The van der Waals surface area contributed by atoms with Gasteiger partial charge in [0.1, 0.15) is 6.04 Å². The first-order valence-corrected chi connectivity index (χ1v) is 8.54. The van der Waals surface area contributed by atoms with Crippen molar-refractivity contribution in [3.8, 4) is 5.95 Å². The number of benzene rings is 1. The van der Waals surface area contributed by atoms with E-state index in [9.17, 15) is 14.4 Å². The minimum absolute atomic E-state index is 0.0370. The van der Waals surface area contributed by atoms with E-state index in [0.29, 0.717) is 0 Å². The van der Waals surface area contributed by atoms with E-state index in [2.05, 4.69) is 20.4 Å². The van der Waals surface area contributed by atoms with Crippen LogP contribution in [0.25, 0.3) is 5.95 Å². The van der Waals surface area contributed by atoms with E-state index in [4.69, 9.17) is 17.3 Å². The Morgan fingerprint density at radius 2 is 1.79 bits per heavy atom. The van der Waals surface area contributed by atoms with Crippen molar-refractivity contribution in [2.75, 3.05) is 0 Å². The Labute approximate surface area is 164 Å². The second-order valence-corrected chi connectivity index (χ2v) is 6.15. The third-order valence-corrected chi connectivity index (χ3v) is 4.11. The molecule has 1 aromatic carbocycles. The largest absolute Gasteiger partial charge is 0.363 e. The Bertz CT molecular complexity index is 1010. The maximum atomic E-state index is 12.8. The molecule has 28 heavy (non-hydrogen) atoms. The number of hydrogen-bond donors (Lipinski definition) is 2. The number of halogens is 1. The summed E-state index contributed by atoms with van der Waals surface area (Å²) in [6, 6.07) is 9.35. The number of carbonyl (C=O) groups is 3. The molecule has 3 rings (SSSR count). The SMILES string of the molecule is NC(=O)C(=O)C(Cc1ccccc1)NC(=O)c1c(Cl)cnn1-c1ncccn1. The van der Waals surface area contributed by atoms with Gasteiger partial charge in [-0.25, -0.2) is 9.97 Å². The second-order valence-electron chi connectivity index (χ2n) is 5.75. The summed E-state index contributed by atoms with van der Waals surface area (Å²) in [4.78, 5) is 44.5. The molecule has 0 aliphatic heterocycles. The fourth-order valence-electron chi connectivity index (χ4n) is 2.54. The summed E-state index contributed by atoms with van der Waals surface area (Å²) >= 11 is 6.10. The lowest BCUT2D eigenvalue weighted by Crippen LogP contribution is -2.47. The summed E-state index contributed by atoms with van der Waals surface area (Å²) in [7, 11) is 0. The number of nitrogens with zero attached hydrogens (tertiary/aromatic N) is 4. The quantitative estimate of drug-likeness (QED) is 0.563. The van der Waals surface area contributed by atoms with Gasteiger partial charge in [0.2, 0.25) is 5.78 Å². The lowest BCUT2D eigenvalue weighted by atomic mass is 10.0. The molecule has 0 saturated carbocycles. The van der Waals surface area contributed by atoms with Crippen LogP contribution in [-0.4, -0.2) is 43.4 Å². The van der Waals surface area contributed by atoms with Gasteiger partial charge in [0.15, 0.2) is 5.69 Å². The molecule has 0 spiro atoms. The summed E-state index contributed by atoms with van der Waals surface area (Å²) in [6.45, 7) is 0. The Morgan fingerprint density at radius 3 is 2.43 bits per heavy atom. The maximum Gasteiger partial charge on any atom is 0.287 e. The van der Waals surface area contributed by atoms with Crippen molar-refractivity contribution in [2.45, 2.75) is 12.5 Å². The van der Waals surface area contributed by atoms with Crippen LogP contribution in [0.15, 0.2) is 55.0 Å². The standard InChI is InChI=1S/C18H15ClN6O3/c19-12-10-23-25(18-21-7-4-8-22-18)14(12)17(28)24-13(15(26)16(20)27)9-11-5-2-1-3-6-11/h1-8,10,13H,9H2,(H2,20,27)(H,24,28). The molecule has 0 saturated heterocycles. The van der Waals surface area contributed by atoms with Gasteiger partial charge in [0.25, 0.3) is 17.8 Å². The molecule has 0 radical (unpaired) electrons. The van der Waals surface area contributed by atoms with Gasteiger partial charge in [-0.1, -0.05) is 41.9 Å². The smallest absolute Gasteiger partial charge is 0.287 e. The van der Waals surface area contributed by atoms with E-state index in [-0.39, 0.29) is 23.1 Å². The molecular weight excluding hydrogens is 384 g/mol. The third-order valence-electron chi connectivity index (χ3n) is 3.83. The van der Waals surface area contributed by atoms with Crippen molar-refractivity contribution in [3.05, 3.63) is 71.3 Å². The third kappa shape index (κ3) is 4.21. The van der Waals surface area contributed by atoms with E-state index in [0.717, 1.165) is 10.2 Å². The topological polar surface area (TPSA) is 133 Å². The van der Waals surface area contributed by atoms with Crippen LogP contribution < -0.4 is 11.1 Å². The number of amides is 2. The normalized spacial score (nSPS) is 11.6. The zero-order chi connectivity index (χ0) is 20.1. The fraction of sp³-hybridized carbons (Fsp3) is 0.111. The van der Waals surface area contributed by atoms with Crippen LogP contribution in [0.2, 0.25) is 5.02 Å². The second kappa shape index (κ2) is 8.40. The van der Waals surface area contributed by atoms with Crippen LogP contribution in [0.3, 0.4) is 0 Å². The van der Waals surface area contributed by atoms with Crippen molar-refractivity contribution in [3.63, 3.8) is 0 Å². The molecule has 0 aliphatic rings. The minimum Gasteiger partial charge on any atom is -0.363 e. The summed E-state index contributed by atoms with van der Waals surface area (Å²) in [5, 5.41) is 6.55. The van der Waals surface area contributed by atoms with Crippen LogP contribution >= 0.6 is 11.6 Å². The first-order chi connectivity index (χ1) is 13.5. The van der Waals surface area contributed by atoms with Crippen LogP contribution in [0.4, 0.5) is 0 Å². The highest BCUT2D eigenvalue weighted by molar-refractivity contribution is 6.38. The molecule has 9 nitrogen and oxygen atoms in total. The van der Waals surface area contributed by atoms with E-state index in [1.54, 1.807) is 30.3 Å². The number of hydrogen-bond acceptors (Lipinski definition) is 6. The molecule has 2 aromatic heterocycles. The molecule has 0 bridgehead atoms. The number of nitrogens with two attached hydrogens (primary N) is 1. The van der Waals surface area contributed by atoms with E-state index in [1.807, 2.05) is 6.07 Å².